The number of methoxy groups -OCH3 is 2. The maximum Gasteiger partial charge on any atom is 0.339 e. The highest BCUT2D eigenvalue weighted by atomic mass is 16.5. The fourth-order valence-electron chi connectivity index (χ4n) is 5.39. The quantitative estimate of drug-likeness (QED) is 0.441. The number of fused-ring (bicyclic) bond motifs is 2. The van der Waals surface area contributed by atoms with Crippen LogP contribution in [0, 0.1) is 0 Å². The van der Waals surface area contributed by atoms with Crippen LogP contribution in [-0.2, 0) is 16.0 Å². The van der Waals surface area contributed by atoms with E-state index in [1.165, 1.54) is 0 Å². The lowest BCUT2D eigenvalue weighted by Crippen LogP contribution is -2.36. The Morgan fingerprint density at radius 1 is 1.00 bits per heavy atom. The predicted octanol–water partition coefficient (Wildman–Crippen LogP) is 5.34. The van der Waals surface area contributed by atoms with E-state index in [0.717, 1.165) is 78.2 Å². The summed E-state index contributed by atoms with van der Waals surface area (Å²) in [4.78, 5) is 30.8. The SMILES string of the molecule is COc1ccc(/C=C2\CCCc3c2nc2ccccc2c3C(=O)OCC(=O)NC2CCCC2)cc1OC. The fraction of sp³-hybridized carbons (Fsp3) is 0.367. The number of para-hydroxylation sites is 1. The number of carbonyl (C=O) groups is 2. The molecule has 0 spiro atoms. The number of aromatic nitrogens is 1. The molecule has 0 aliphatic heterocycles. The van der Waals surface area contributed by atoms with E-state index in [2.05, 4.69) is 11.4 Å². The van der Waals surface area contributed by atoms with E-state index in [0.29, 0.717) is 17.1 Å². The molecular formula is C30H32N2O5. The molecule has 1 aromatic heterocycles. The molecule has 2 aliphatic rings. The molecule has 1 saturated carbocycles. The highest BCUT2D eigenvalue weighted by molar-refractivity contribution is 6.07. The molecule has 3 aromatic rings. The standard InChI is InChI=1S/C30H32N2O5/c1-35-25-15-14-19(17-26(25)36-2)16-20-8-7-12-23-28(22-11-5-6-13-24(22)32-29(20)23)30(34)37-18-27(33)31-21-9-3-4-10-21/h5-6,11,13-17,21H,3-4,7-10,12,18H2,1-2H3,(H,31,33)/b20-16+. The third-order valence-corrected chi connectivity index (χ3v) is 7.18. The van der Waals surface area contributed by atoms with Crippen molar-refractivity contribution in [1.29, 1.82) is 0 Å². The molecule has 1 N–H and O–H groups in total. The summed E-state index contributed by atoms with van der Waals surface area (Å²) in [6, 6.07) is 13.6. The van der Waals surface area contributed by atoms with Crippen molar-refractivity contribution < 1.29 is 23.8 Å². The van der Waals surface area contributed by atoms with Crippen molar-refractivity contribution in [2.24, 2.45) is 0 Å². The average molecular weight is 501 g/mol. The van der Waals surface area contributed by atoms with E-state index in [1.54, 1.807) is 14.2 Å². The van der Waals surface area contributed by atoms with Crippen LogP contribution in [0.5, 0.6) is 11.5 Å². The molecule has 1 heterocycles. The van der Waals surface area contributed by atoms with Gasteiger partial charge in [-0.15, -0.1) is 0 Å². The van der Waals surface area contributed by atoms with Crippen LogP contribution in [0.4, 0.5) is 0 Å². The molecule has 5 rings (SSSR count). The van der Waals surface area contributed by atoms with Gasteiger partial charge in [0.05, 0.1) is 31.0 Å². The molecule has 0 saturated heterocycles. The molecule has 0 radical (unpaired) electrons. The van der Waals surface area contributed by atoms with E-state index in [4.69, 9.17) is 19.2 Å². The van der Waals surface area contributed by atoms with E-state index < -0.39 is 5.97 Å². The minimum absolute atomic E-state index is 0.185. The first kappa shape index (κ1) is 24.8. The van der Waals surface area contributed by atoms with Gasteiger partial charge in [0.15, 0.2) is 18.1 Å². The number of nitrogens with zero attached hydrogens (tertiary/aromatic N) is 1. The Morgan fingerprint density at radius 3 is 2.57 bits per heavy atom. The van der Waals surface area contributed by atoms with Crippen LogP contribution in [0.1, 0.15) is 65.7 Å². The van der Waals surface area contributed by atoms with Crippen LogP contribution >= 0.6 is 0 Å². The molecule has 2 aromatic carbocycles. The average Bonchev–Trinajstić information content (AvgIpc) is 3.43. The number of amides is 1. The summed E-state index contributed by atoms with van der Waals surface area (Å²) in [5, 5.41) is 3.73. The smallest absolute Gasteiger partial charge is 0.339 e. The summed E-state index contributed by atoms with van der Waals surface area (Å²) >= 11 is 0. The molecule has 0 atom stereocenters. The van der Waals surface area contributed by atoms with Gasteiger partial charge in [-0.2, -0.15) is 0 Å². The van der Waals surface area contributed by atoms with E-state index >= 15 is 0 Å². The zero-order valence-electron chi connectivity index (χ0n) is 21.3. The first-order chi connectivity index (χ1) is 18.1. The number of pyridine rings is 1. The van der Waals surface area contributed by atoms with Gasteiger partial charge in [0.25, 0.3) is 5.91 Å². The van der Waals surface area contributed by atoms with Gasteiger partial charge in [-0.1, -0.05) is 37.1 Å². The maximum atomic E-state index is 13.4. The summed E-state index contributed by atoms with van der Waals surface area (Å²) in [6.45, 7) is -0.283. The topological polar surface area (TPSA) is 86.8 Å². The van der Waals surface area contributed by atoms with Crippen LogP contribution < -0.4 is 14.8 Å². The van der Waals surface area contributed by atoms with Crippen LogP contribution in [0.3, 0.4) is 0 Å². The van der Waals surface area contributed by atoms with Gasteiger partial charge in [-0.05, 0) is 73.1 Å². The Kier molecular flexibility index (Phi) is 7.40. The van der Waals surface area contributed by atoms with Crippen molar-refractivity contribution in [2.75, 3.05) is 20.8 Å². The Bertz CT molecular complexity index is 1360. The second-order valence-corrected chi connectivity index (χ2v) is 9.59. The number of hydrogen-bond acceptors (Lipinski definition) is 6. The van der Waals surface area contributed by atoms with Gasteiger partial charge < -0.3 is 19.5 Å². The van der Waals surface area contributed by atoms with Crippen molar-refractivity contribution in [1.82, 2.24) is 10.3 Å². The molecule has 2 aliphatic carbocycles. The molecular weight excluding hydrogens is 468 g/mol. The Hall–Kier alpha value is -3.87. The maximum absolute atomic E-state index is 13.4. The number of nitrogens with one attached hydrogen (secondary N) is 1. The summed E-state index contributed by atoms with van der Waals surface area (Å²) in [7, 11) is 3.23. The number of benzene rings is 2. The zero-order valence-corrected chi connectivity index (χ0v) is 21.3. The summed E-state index contributed by atoms with van der Waals surface area (Å²) in [5.74, 6) is 0.588. The molecule has 37 heavy (non-hydrogen) atoms. The van der Waals surface area contributed by atoms with E-state index in [9.17, 15) is 9.59 Å². The molecule has 1 amide bonds. The molecule has 0 unspecified atom stereocenters. The zero-order chi connectivity index (χ0) is 25.8. The fourth-order valence-corrected chi connectivity index (χ4v) is 5.39. The highest BCUT2D eigenvalue weighted by Crippen LogP contribution is 2.37. The monoisotopic (exact) mass is 500 g/mol. The van der Waals surface area contributed by atoms with Crippen molar-refractivity contribution in [3.05, 3.63) is 64.8 Å². The minimum Gasteiger partial charge on any atom is -0.493 e. The normalized spacial score (nSPS) is 16.4. The number of esters is 1. The van der Waals surface area contributed by atoms with Gasteiger partial charge in [-0.25, -0.2) is 9.78 Å². The highest BCUT2D eigenvalue weighted by Gasteiger charge is 2.27. The first-order valence-electron chi connectivity index (χ1n) is 12.9. The van der Waals surface area contributed by atoms with Crippen molar-refractivity contribution in [3.8, 4) is 11.5 Å². The van der Waals surface area contributed by atoms with Gasteiger partial charge in [0.2, 0.25) is 0 Å². The summed E-state index contributed by atoms with van der Waals surface area (Å²) < 4.78 is 16.4. The van der Waals surface area contributed by atoms with E-state index in [-0.39, 0.29) is 18.6 Å². The molecule has 1 fully saturated rings. The second-order valence-electron chi connectivity index (χ2n) is 9.59. The van der Waals surface area contributed by atoms with Crippen molar-refractivity contribution >= 4 is 34.4 Å². The third-order valence-electron chi connectivity index (χ3n) is 7.18. The predicted molar refractivity (Wildman–Crippen MR) is 143 cm³/mol. The number of ether oxygens (including phenoxy) is 3. The van der Waals surface area contributed by atoms with Gasteiger partial charge in [0, 0.05) is 11.4 Å². The van der Waals surface area contributed by atoms with Gasteiger partial charge in [0.1, 0.15) is 0 Å². The number of rotatable bonds is 7. The van der Waals surface area contributed by atoms with Crippen LogP contribution in [-0.4, -0.2) is 43.7 Å². The summed E-state index contributed by atoms with van der Waals surface area (Å²) in [5.41, 5.74) is 4.92. The molecule has 7 nitrogen and oxygen atoms in total. The lowest BCUT2D eigenvalue weighted by atomic mass is 9.86. The van der Waals surface area contributed by atoms with Gasteiger partial charge >= 0.3 is 5.97 Å². The third kappa shape index (κ3) is 5.31. The van der Waals surface area contributed by atoms with Crippen molar-refractivity contribution in [2.45, 2.75) is 51.0 Å². The molecule has 7 heteroatoms. The van der Waals surface area contributed by atoms with Crippen LogP contribution in [0.15, 0.2) is 42.5 Å². The lowest BCUT2D eigenvalue weighted by molar-refractivity contribution is -0.124. The Labute approximate surface area is 216 Å². The van der Waals surface area contributed by atoms with Crippen molar-refractivity contribution in [3.63, 3.8) is 0 Å². The Morgan fingerprint density at radius 2 is 1.78 bits per heavy atom. The van der Waals surface area contributed by atoms with Gasteiger partial charge in [-0.3, -0.25) is 4.79 Å². The number of hydrogen-bond donors (Lipinski definition) is 1. The molecule has 192 valence electrons. The second kappa shape index (κ2) is 11.0. The van der Waals surface area contributed by atoms with Crippen LogP contribution in [0.25, 0.3) is 22.6 Å². The number of allylic oxidation sites excluding steroid dienone is 1. The summed E-state index contributed by atoms with van der Waals surface area (Å²) in [6.07, 6.45) is 8.74. The minimum atomic E-state index is -0.483. The Balaban J connectivity index is 1.48. The van der Waals surface area contributed by atoms with Crippen LogP contribution in [0.2, 0.25) is 0 Å². The van der Waals surface area contributed by atoms with E-state index in [1.807, 2.05) is 42.5 Å². The first-order valence-corrected chi connectivity index (χ1v) is 12.9. The largest absolute Gasteiger partial charge is 0.493 e. The lowest BCUT2D eigenvalue weighted by Gasteiger charge is -2.22. The molecule has 0 bridgehead atoms. The number of carbonyl (C=O) groups excluding carboxylic acids is 2.